The number of aliphatic imine (C=N–C) groups is 1. The number of anilines is 1. The molecule has 3 aromatic rings. The fraction of sp³-hybridized carbons (Fsp3) is 0.190. The molecule has 2 aromatic carbocycles. The Morgan fingerprint density at radius 2 is 1.93 bits per heavy atom. The van der Waals surface area contributed by atoms with Crippen LogP contribution in [-0.2, 0) is 4.79 Å². The van der Waals surface area contributed by atoms with E-state index in [0.29, 0.717) is 17.4 Å². The van der Waals surface area contributed by atoms with Crippen LogP contribution in [0.15, 0.2) is 64.8 Å². The van der Waals surface area contributed by atoms with Crippen LogP contribution in [-0.4, -0.2) is 16.7 Å². The average molecular weight is 409 g/mol. The number of para-hydroxylation sites is 1. The predicted molar refractivity (Wildman–Crippen MR) is 114 cm³/mol. The number of carbonyl (C=O) groups excluding carboxylic acids is 1. The first-order valence-electron chi connectivity index (χ1n) is 9.17. The van der Waals surface area contributed by atoms with Gasteiger partial charge in [-0.15, -0.1) is 0 Å². The van der Waals surface area contributed by atoms with E-state index in [1.165, 1.54) is 0 Å². The van der Waals surface area contributed by atoms with Gasteiger partial charge in [-0.05, 0) is 36.6 Å². The maximum atomic E-state index is 12.7. The Morgan fingerprint density at radius 3 is 2.79 bits per heavy atom. The molecule has 2 N–H and O–H groups in total. The first-order chi connectivity index (χ1) is 13.7. The lowest BCUT2D eigenvalue weighted by molar-refractivity contribution is -0.116. The summed E-state index contributed by atoms with van der Waals surface area (Å²) in [6.07, 6.45) is 2.22. The lowest BCUT2D eigenvalue weighted by atomic mass is 9.86. The maximum absolute atomic E-state index is 12.7. The lowest BCUT2D eigenvalue weighted by Crippen LogP contribution is -2.38. The fourth-order valence-electron chi connectivity index (χ4n) is 3.69. The molecule has 0 saturated carbocycles. The van der Waals surface area contributed by atoms with Crippen LogP contribution in [0, 0.1) is 0 Å². The number of fused-ring (bicyclic) bond motifs is 1. The van der Waals surface area contributed by atoms with Gasteiger partial charge in [0, 0.05) is 22.7 Å². The van der Waals surface area contributed by atoms with Gasteiger partial charge in [-0.2, -0.15) is 0 Å². The van der Waals surface area contributed by atoms with Crippen molar-refractivity contribution in [1.29, 1.82) is 0 Å². The summed E-state index contributed by atoms with van der Waals surface area (Å²) in [5, 5.41) is 7.99. The summed E-state index contributed by atoms with van der Waals surface area (Å²) in [6, 6.07) is 15.2. The zero-order chi connectivity index (χ0) is 19.1. The molecule has 7 heteroatoms. The van der Waals surface area contributed by atoms with Crippen molar-refractivity contribution in [3.63, 3.8) is 0 Å². The van der Waals surface area contributed by atoms with Gasteiger partial charge in [-0.3, -0.25) is 4.79 Å². The number of thiazole rings is 1. The smallest absolute Gasteiger partial charge is 0.202 e. The molecule has 140 valence electrons. The quantitative estimate of drug-likeness (QED) is 0.621. The van der Waals surface area contributed by atoms with Crippen LogP contribution >= 0.6 is 22.9 Å². The van der Waals surface area contributed by atoms with Gasteiger partial charge in [0.25, 0.3) is 0 Å². The summed E-state index contributed by atoms with van der Waals surface area (Å²) in [5.74, 6) is 0.735. The number of guanidine groups is 1. The summed E-state index contributed by atoms with van der Waals surface area (Å²) in [7, 11) is 0. The van der Waals surface area contributed by atoms with Crippen LogP contribution in [0.5, 0.6) is 0 Å². The van der Waals surface area contributed by atoms with Gasteiger partial charge in [0.15, 0.2) is 10.9 Å². The van der Waals surface area contributed by atoms with Gasteiger partial charge >= 0.3 is 0 Å². The number of nitrogens with one attached hydrogen (secondary N) is 2. The van der Waals surface area contributed by atoms with Gasteiger partial charge < -0.3 is 10.6 Å². The molecular formula is C21H17ClN4OS. The molecule has 2 aliphatic rings. The third kappa shape index (κ3) is 3.08. The molecule has 0 bridgehead atoms. The Balaban J connectivity index is 1.54. The number of carbonyl (C=O) groups is 1. The number of nitrogens with zero attached hydrogens (tertiary/aromatic N) is 2. The van der Waals surface area contributed by atoms with Crippen LogP contribution < -0.4 is 10.6 Å². The highest BCUT2D eigenvalue weighted by molar-refractivity contribution is 7.22. The van der Waals surface area contributed by atoms with E-state index < -0.39 is 6.04 Å². The number of hydrogen-bond donors (Lipinski definition) is 2. The van der Waals surface area contributed by atoms with Gasteiger partial charge in [0.05, 0.1) is 10.2 Å². The van der Waals surface area contributed by atoms with Crippen molar-refractivity contribution < 1.29 is 4.79 Å². The van der Waals surface area contributed by atoms with E-state index in [4.69, 9.17) is 16.6 Å². The van der Waals surface area contributed by atoms with Gasteiger partial charge in [0.1, 0.15) is 6.04 Å². The number of aromatic nitrogens is 1. The number of halogens is 1. The zero-order valence-electron chi connectivity index (χ0n) is 14.9. The minimum atomic E-state index is -0.408. The van der Waals surface area contributed by atoms with E-state index in [1.807, 2.05) is 48.5 Å². The van der Waals surface area contributed by atoms with Crippen LogP contribution in [0.3, 0.4) is 0 Å². The van der Waals surface area contributed by atoms with Crippen molar-refractivity contribution >= 4 is 50.0 Å². The molecule has 1 aliphatic carbocycles. The van der Waals surface area contributed by atoms with Crippen molar-refractivity contribution in [3.8, 4) is 0 Å². The molecule has 0 amide bonds. The van der Waals surface area contributed by atoms with Gasteiger partial charge in [-0.1, -0.05) is 53.3 Å². The molecule has 0 fully saturated rings. The normalized spacial score (nSPS) is 19.2. The third-order valence-electron chi connectivity index (χ3n) is 4.98. The Morgan fingerprint density at radius 1 is 1.11 bits per heavy atom. The van der Waals surface area contributed by atoms with E-state index >= 15 is 0 Å². The highest BCUT2D eigenvalue weighted by Crippen LogP contribution is 2.39. The molecule has 0 saturated heterocycles. The molecule has 0 radical (unpaired) electrons. The second-order valence-electron chi connectivity index (χ2n) is 6.81. The van der Waals surface area contributed by atoms with Crippen molar-refractivity contribution in [2.45, 2.75) is 25.3 Å². The summed E-state index contributed by atoms with van der Waals surface area (Å²) < 4.78 is 1.11. The summed E-state index contributed by atoms with van der Waals surface area (Å²) in [5.41, 5.74) is 3.45. The minimum Gasteiger partial charge on any atom is -0.329 e. The number of rotatable bonds is 2. The minimum absolute atomic E-state index is 0.140. The number of benzene rings is 2. The van der Waals surface area contributed by atoms with Gasteiger partial charge in [-0.25, -0.2) is 9.98 Å². The highest BCUT2D eigenvalue weighted by Gasteiger charge is 2.33. The molecule has 1 atom stereocenters. The maximum Gasteiger partial charge on any atom is 0.202 e. The topological polar surface area (TPSA) is 66.4 Å². The van der Waals surface area contributed by atoms with E-state index in [1.54, 1.807) is 11.3 Å². The number of allylic oxidation sites excluding steroid dienone is 1. The summed E-state index contributed by atoms with van der Waals surface area (Å²) in [4.78, 5) is 22.1. The molecule has 1 aromatic heterocycles. The van der Waals surface area contributed by atoms with E-state index in [0.717, 1.165) is 45.0 Å². The average Bonchev–Trinajstić information content (AvgIpc) is 3.10. The monoisotopic (exact) mass is 408 g/mol. The number of hydrogen-bond acceptors (Lipinski definition) is 6. The fourth-order valence-corrected chi connectivity index (χ4v) is 4.80. The molecule has 5 rings (SSSR count). The SMILES string of the molecule is O=C1CCCC2=C1[C@@H](c1ccccc1Cl)N=C(Nc1nc3ccccc3s1)N2. The summed E-state index contributed by atoms with van der Waals surface area (Å²) in [6.45, 7) is 0. The van der Waals surface area contributed by atoms with E-state index in [2.05, 4.69) is 15.6 Å². The molecule has 2 heterocycles. The van der Waals surface area contributed by atoms with Crippen molar-refractivity contribution in [2.75, 3.05) is 5.32 Å². The van der Waals surface area contributed by atoms with Crippen LogP contribution in [0.2, 0.25) is 5.02 Å². The highest BCUT2D eigenvalue weighted by atomic mass is 35.5. The van der Waals surface area contributed by atoms with Crippen molar-refractivity contribution in [2.24, 2.45) is 4.99 Å². The largest absolute Gasteiger partial charge is 0.329 e. The molecular weight excluding hydrogens is 392 g/mol. The summed E-state index contributed by atoms with van der Waals surface area (Å²) >= 11 is 8.01. The Hall–Kier alpha value is -2.70. The molecule has 5 nitrogen and oxygen atoms in total. The first-order valence-corrected chi connectivity index (χ1v) is 10.4. The lowest BCUT2D eigenvalue weighted by Gasteiger charge is -2.30. The Bertz CT molecular complexity index is 1120. The second-order valence-corrected chi connectivity index (χ2v) is 8.25. The standard InChI is InChI=1S/C21H17ClN4OS/c22-13-7-2-1-6-12(13)19-18-15(9-5-10-16(18)27)23-20(25-19)26-21-24-14-8-3-4-11-17(14)28-21/h1-4,6-8,11,19H,5,9-10H2,(H2,23,24,25,26)/t19-/m1/s1. The molecule has 0 spiro atoms. The van der Waals surface area contributed by atoms with E-state index in [9.17, 15) is 4.79 Å². The predicted octanol–water partition coefficient (Wildman–Crippen LogP) is 5.07. The van der Waals surface area contributed by atoms with Gasteiger partial charge in [0.2, 0.25) is 5.96 Å². The van der Waals surface area contributed by atoms with Crippen LogP contribution in [0.25, 0.3) is 10.2 Å². The molecule has 0 unspecified atom stereocenters. The number of Topliss-reactive ketones (excluding diaryl/α,β-unsaturated/α-hetero) is 1. The molecule has 28 heavy (non-hydrogen) atoms. The Labute approximate surface area is 171 Å². The van der Waals surface area contributed by atoms with E-state index in [-0.39, 0.29) is 5.78 Å². The number of ketones is 1. The Kier molecular flexibility index (Phi) is 4.37. The second kappa shape index (κ2) is 7.04. The van der Waals surface area contributed by atoms with Crippen LogP contribution in [0.4, 0.5) is 5.13 Å². The van der Waals surface area contributed by atoms with Crippen LogP contribution in [0.1, 0.15) is 30.9 Å². The zero-order valence-corrected chi connectivity index (χ0v) is 16.5. The third-order valence-corrected chi connectivity index (χ3v) is 6.27. The van der Waals surface area contributed by atoms with Crippen molar-refractivity contribution in [1.82, 2.24) is 10.3 Å². The first kappa shape index (κ1) is 17.4. The molecule has 1 aliphatic heterocycles. The van der Waals surface area contributed by atoms with Crippen molar-refractivity contribution in [3.05, 3.63) is 70.4 Å².